The number of hydrogen-bond donors (Lipinski definition) is 0. The summed E-state index contributed by atoms with van der Waals surface area (Å²) in [6.07, 6.45) is -4.43. The molecule has 0 saturated heterocycles. The lowest BCUT2D eigenvalue weighted by Gasteiger charge is -2.11. The highest BCUT2D eigenvalue weighted by Crippen LogP contribution is 2.36. The van der Waals surface area contributed by atoms with E-state index in [9.17, 15) is 13.2 Å². The van der Waals surface area contributed by atoms with E-state index in [1.54, 1.807) is 29.8 Å². The molecule has 0 atom stereocenters. The molecule has 0 radical (unpaired) electrons. The zero-order valence-electron chi connectivity index (χ0n) is 15.6. The minimum atomic E-state index is -4.43. The van der Waals surface area contributed by atoms with Gasteiger partial charge >= 0.3 is 6.18 Å². The fraction of sp³-hybridized carbons (Fsp3) is 0.136. The third kappa shape index (κ3) is 3.56. The minimum absolute atomic E-state index is 0.385. The number of aryl methyl sites for hydroxylation is 1. The summed E-state index contributed by atoms with van der Waals surface area (Å²) in [5.74, 6) is 0.727. The highest BCUT2D eigenvalue weighted by atomic mass is 35.5. The standard InChI is InChI=1S/C22H16ClF3N2O/c1-13-21(14-6-8-18(29-2)9-7-14)20-12-17(23)11-19(28(20)27-13)15-4-3-5-16(10-15)22(24,25)26/h3-12H,1-2H3. The Morgan fingerprint density at radius 3 is 2.34 bits per heavy atom. The number of nitrogens with zero attached hydrogens (tertiary/aromatic N) is 2. The Bertz CT molecular complexity index is 1200. The zero-order chi connectivity index (χ0) is 20.8. The summed E-state index contributed by atoms with van der Waals surface area (Å²) in [4.78, 5) is 0. The molecule has 2 aromatic carbocycles. The number of aromatic nitrogens is 2. The summed E-state index contributed by atoms with van der Waals surface area (Å²) < 4.78 is 46.3. The van der Waals surface area contributed by atoms with Crippen LogP contribution < -0.4 is 4.74 Å². The molecule has 7 heteroatoms. The Kier molecular flexibility index (Phi) is 4.74. The first-order chi connectivity index (χ1) is 13.8. The number of rotatable bonds is 3. The molecule has 0 N–H and O–H groups in total. The maximum Gasteiger partial charge on any atom is 0.416 e. The number of halogens is 4. The highest BCUT2D eigenvalue weighted by Gasteiger charge is 2.30. The molecule has 0 aliphatic carbocycles. The Morgan fingerprint density at radius 2 is 1.69 bits per heavy atom. The van der Waals surface area contributed by atoms with Crippen LogP contribution in [0.4, 0.5) is 13.2 Å². The molecular formula is C22H16ClF3N2O. The molecule has 3 nitrogen and oxygen atoms in total. The Balaban J connectivity index is 1.94. The lowest BCUT2D eigenvalue weighted by atomic mass is 10.0. The van der Waals surface area contributed by atoms with Crippen LogP contribution in [0.25, 0.3) is 27.9 Å². The molecule has 0 amide bonds. The SMILES string of the molecule is COc1ccc(-c2c(C)nn3c(-c4cccc(C(F)(F)F)c4)cc(Cl)cc23)cc1. The van der Waals surface area contributed by atoms with Crippen LogP contribution in [0, 0.1) is 6.92 Å². The van der Waals surface area contributed by atoms with Crippen LogP contribution in [0.2, 0.25) is 5.02 Å². The quantitative estimate of drug-likeness (QED) is 0.373. The van der Waals surface area contributed by atoms with E-state index in [1.807, 2.05) is 31.2 Å². The third-order valence-electron chi connectivity index (χ3n) is 4.74. The van der Waals surface area contributed by atoms with E-state index in [4.69, 9.17) is 16.3 Å². The van der Waals surface area contributed by atoms with E-state index < -0.39 is 11.7 Å². The normalized spacial score (nSPS) is 11.8. The number of benzene rings is 2. The number of pyridine rings is 1. The Hall–Kier alpha value is -2.99. The fourth-order valence-corrected chi connectivity index (χ4v) is 3.61. The van der Waals surface area contributed by atoms with Gasteiger partial charge in [-0.15, -0.1) is 0 Å². The Labute approximate surface area is 170 Å². The summed E-state index contributed by atoms with van der Waals surface area (Å²) in [6.45, 7) is 1.86. The third-order valence-corrected chi connectivity index (χ3v) is 4.96. The van der Waals surface area contributed by atoms with Gasteiger partial charge < -0.3 is 4.74 Å². The summed E-state index contributed by atoms with van der Waals surface area (Å²) in [6, 6.07) is 16.0. The van der Waals surface area contributed by atoms with Gasteiger partial charge in [0.2, 0.25) is 0 Å². The number of hydrogen-bond acceptors (Lipinski definition) is 2. The molecule has 0 bridgehead atoms. The van der Waals surface area contributed by atoms with Gasteiger partial charge in [0, 0.05) is 16.1 Å². The van der Waals surface area contributed by atoms with E-state index in [0.29, 0.717) is 21.8 Å². The molecule has 4 aromatic rings. The van der Waals surface area contributed by atoms with Crippen molar-refractivity contribution in [3.63, 3.8) is 0 Å². The van der Waals surface area contributed by atoms with Crippen molar-refractivity contribution in [2.75, 3.05) is 7.11 Å². The number of ether oxygens (including phenoxy) is 1. The van der Waals surface area contributed by atoms with E-state index in [0.717, 1.165) is 34.7 Å². The van der Waals surface area contributed by atoms with E-state index in [2.05, 4.69) is 5.10 Å². The minimum Gasteiger partial charge on any atom is -0.497 e. The first-order valence-electron chi connectivity index (χ1n) is 8.79. The maximum absolute atomic E-state index is 13.2. The van der Waals surface area contributed by atoms with Crippen molar-refractivity contribution < 1.29 is 17.9 Å². The maximum atomic E-state index is 13.2. The van der Waals surface area contributed by atoms with Gasteiger partial charge in [-0.3, -0.25) is 0 Å². The van der Waals surface area contributed by atoms with Crippen LogP contribution in [0.5, 0.6) is 5.75 Å². The fourth-order valence-electron chi connectivity index (χ4n) is 3.40. The van der Waals surface area contributed by atoms with Crippen LogP contribution in [-0.2, 0) is 6.18 Å². The van der Waals surface area contributed by atoms with Crippen LogP contribution >= 0.6 is 11.6 Å². The van der Waals surface area contributed by atoms with Crippen LogP contribution in [-0.4, -0.2) is 16.7 Å². The Morgan fingerprint density at radius 1 is 0.966 bits per heavy atom. The smallest absolute Gasteiger partial charge is 0.416 e. The van der Waals surface area contributed by atoms with Gasteiger partial charge in [-0.1, -0.05) is 35.9 Å². The van der Waals surface area contributed by atoms with Crippen molar-refractivity contribution >= 4 is 17.1 Å². The molecule has 29 heavy (non-hydrogen) atoms. The van der Waals surface area contributed by atoms with E-state index >= 15 is 0 Å². The molecule has 0 saturated carbocycles. The molecule has 2 aromatic heterocycles. The van der Waals surface area contributed by atoms with Gasteiger partial charge in [0.1, 0.15) is 5.75 Å². The molecule has 0 fully saturated rings. The van der Waals surface area contributed by atoms with Crippen LogP contribution in [0.1, 0.15) is 11.3 Å². The van der Waals surface area contributed by atoms with Gasteiger partial charge in [0.25, 0.3) is 0 Å². The van der Waals surface area contributed by atoms with Crippen LogP contribution in [0.15, 0.2) is 60.7 Å². The topological polar surface area (TPSA) is 26.5 Å². The highest BCUT2D eigenvalue weighted by molar-refractivity contribution is 6.31. The summed E-state index contributed by atoms with van der Waals surface area (Å²) >= 11 is 6.34. The predicted molar refractivity (Wildman–Crippen MR) is 107 cm³/mol. The zero-order valence-corrected chi connectivity index (χ0v) is 16.3. The van der Waals surface area contributed by atoms with Crippen molar-refractivity contribution in [3.8, 4) is 28.1 Å². The van der Waals surface area contributed by atoms with Gasteiger partial charge in [0.15, 0.2) is 0 Å². The molecule has 0 aliphatic rings. The second-order valence-corrected chi connectivity index (χ2v) is 7.06. The second-order valence-electron chi connectivity index (χ2n) is 6.62. The first-order valence-corrected chi connectivity index (χ1v) is 9.16. The average molecular weight is 417 g/mol. The molecular weight excluding hydrogens is 401 g/mol. The molecule has 0 aliphatic heterocycles. The van der Waals surface area contributed by atoms with E-state index in [1.165, 1.54) is 6.07 Å². The van der Waals surface area contributed by atoms with Gasteiger partial charge in [0.05, 0.1) is 29.6 Å². The van der Waals surface area contributed by atoms with Crippen molar-refractivity contribution in [1.82, 2.24) is 9.61 Å². The molecule has 0 unspecified atom stereocenters. The van der Waals surface area contributed by atoms with Crippen molar-refractivity contribution in [3.05, 3.63) is 76.9 Å². The molecule has 0 spiro atoms. The number of alkyl halides is 3. The van der Waals surface area contributed by atoms with Gasteiger partial charge in [-0.25, -0.2) is 4.52 Å². The van der Waals surface area contributed by atoms with Gasteiger partial charge in [-0.2, -0.15) is 18.3 Å². The molecule has 4 rings (SSSR count). The van der Waals surface area contributed by atoms with Crippen molar-refractivity contribution in [2.24, 2.45) is 0 Å². The molecule has 2 heterocycles. The summed E-state index contributed by atoms with van der Waals surface area (Å²) in [7, 11) is 1.59. The lowest BCUT2D eigenvalue weighted by molar-refractivity contribution is -0.137. The van der Waals surface area contributed by atoms with E-state index in [-0.39, 0.29) is 0 Å². The van der Waals surface area contributed by atoms with Crippen LogP contribution in [0.3, 0.4) is 0 Å². The lowest BCUT2D eigenvalue weighted by Crippen LogP contribution is -2.05. The van der Waals surface area contributed by atoms with Crippen molar-refractivity contribution in [2.45, 2.75) is 13.1 Å². The molecule has 148 valence electrons. The van der Waals surface area contributed by atoms with Crippen molar-refractivity contribution in [1.29, 1.82) is 0 Å². The average Bonchev–Trinajstić information content (AvgIpc) is 3.02. The monoisotopic (exact) mass is 416 g/mol. The summed E-state index contributed by atoms with van der Waals surface area (Å²) in [5, 5.41) is 5.00. The first kappa shape index (κ1) is 19.3. The number of fused-ring (bicyclic) bond motifs is 1. The second kappa shape index (κ2) is 7.12. The largest absolute Gasteiger partial charge is 0.497 e. The van der Waals surface area contributed by atoms with Gasteiger partial charge in [-0.05, 0) is 48.9 Å². The predicted octanol–water partition coefficient (Wildman–Crippen LogP) is 6.66. The summed E-state index contributed by atoms with van der Waals surface area (Å²) in [5.41, 5.74) is 3.39. The number of methoxy groups -OCH3 is 1.